The van der Waals surface area contributed by atoms with Crippen molar-refractivity contribution < 1.29 is 14.4 Å². The van der Waals surface area contributed by atoms with Crippen LogP contribution in [-0.4, -0.2) is 22.0 Å². The van der Waals surface area contributed by atoms with Crippen molar-refractivity contribution in [2.24, 2.45) is 0 Å². The second kappa shape index (κ2) is 5.61. The molecule has 0 aliphatic rings. The van der Waals surface area contributed by atoms with Crippen molar-refractivity contribution in [2.75, 3.05) is 7.11 Å². The van der Waals surface area contributed by atoms with Crippen molar-refractivity contribution in [3.8, 4) is 17.5 Å². The number of aromatic nitrogens is 2. The van der Waals surface area contributed by atoms with Gasteiger partial charge in [-0.2, -0.15) is 9.97 Å². The molecular formula is C11H8BrN3O4. The zero-order valence-corrected chi connectivity index (χ0v) is 11.3. The third-order valence-electron chi connectivity index (χ3n) is 2.17. The summed E-state index contributed by atoms with van der Waals surface area (Å²) in [6, 6.07) is 6.94. The fourth-order valence-electron chi connectivity index (χ4n) is 1.36. The van der Waals surface area contributed by atoms with Gasteiger partial charge in [0.25, 0.3) is 0 Å². The van der Waals surface area contributed by atoms with Crippen molar-refractivity contribution in [3.63, 3.8) is 0 Å². The number of rotatable bonds is 4. The summed E-state index contributed by atoms with van der Waals surface area (Å²) >= 11 is 3.28. The van der Waals surface area contributed by atoms with Crippen LogP contribution in [0.4, 0.5) is 5.69 Å². The molecule has 0 fully saturated rings. The molecule has 0 N–H and O–H groups in total. The van der Waals surface area contributed by atoms with Gasteiger partial charge >= 0.3 is 17.4 Å². The number of hydrogen-bond donors (Lipinski definition) is 0. The number of para-hydroxylation sites is 1. The molecule has 98 valence electrons. The van der Waals surface area contributed by atoms with Crippen molar-refractivity contribution in [1.29, 1.82) is 0 Å². The van der Waals surface area contributed by atoms with E-state index in [9.17, 15) is 10.1 Å². The van der Waals surface area contributed by atoms with Crippen molar-refractivity contribution >= 4 is 21.6 Å². The first-order valence-electron chi connectivity index (χ1n) is 5.09. The minimum atomic E-state index is -0.648. The van der Waals surface area contributed by atoms with Gasteiger partial charge in [0.05, 0.1) is 16.5 Å². The van der Waals surface area contributed by atoms with Gasteiger partial charge in [0.1, 0.15) is 12.1 Å². The van der Waals surface area contributed by atoms with Gasteiger partial charge in [-0.15, -0.1) is 0 Å². The van der Waals surface area contributed by atoms with Crippen LogP contribution in [0, 0.1) is 10.1 Å². The van der Waals surface area contributed by atoms with E-state index in [2.05, 4.69) is 25.9 Å². The third-order valence-corrected chi connectivity index (χ3v) is 2.83. The summed E-state index contributed by atoms with van der Waals surface area (Å²) in [4.78, 5) is 17.8. The first kappa shape index (κ1) is 13.2. The Kier molecular flexibility index (Phi) is 3.91. The van der Waals surface area contributed by atoms with E-state index in [1.54, 1.807) is 24.3 Å². The summed E-state index contributed by atoms with van der Waals surface area (Å²) in [7, 11) is 1.29. The predicted octanol–water partition coefficient (Wildman–Crippen LogP) is 2.95. The Morgan fingerprint density at radius 3 is 2.58 bits per heavy atom. The summed E-state index contributed by atoms with van der Waals surface area (Å²) in [5, 5.41) is 11.0. The topological polar surface area (TPSA) is 87.4 Å². The second-order valence-corrected chi connectivity index (χ2v) is 4.18. The molecule has 1 heterocycles. The van der Waals surface area contributed by atoms with Crippen LogP contribution in [0.2, 0.25) is 0 Å². The summed E-state index contributed by atoms with van der Waals surface area (Å²) in [5.41, 5.74) is -0.416. The van der Waals surface area contributed by atoms with Crippen molar-refractivity contribution in [1.82, 2.24) is 9.97 Å². The summed E-state index contributed by atoms with van der Waals surface area (Å²) in [6.45, 7) is 0. The summed E-state index contributed by atoms with van der Waals surface area (Å²) in [6.07, 6.45) is 1.14. The Morgan fingerprint density at radius 2 is 1.95 bits per heavy atom. The highest BCUT2D eigenvalue weighted by Gasteiger charge is 2.26. The quantitative estimate of drug-likeness (QED) is 0.634. The molecule has 1 aromatic carbocycles. The average molecular weight is 326 g/mol. The van der Waals surface area contributed by atoms with E-state index < -0.39 is 10.6 Å². The molecule has 1 aromatic heterocycles. The monoisotopic (exact) mass is 325 g/mol. The smallest absolute Gasteiger partial charge is 0.392 e. The molecule has 2 aromatic rings. The molecule has 0 aliphatic heterocycles. The van der Waals surface area contributed by atoms with E-state index in [4.69, 9.17) is 9.47 Å². The molecule has 0 bridgehead atoms. The lowest BCUT2D eigenvalue weighted by Gasteiger charge is -2.07. The van der Waals surface area contributed by atoms with E-state index in [1.165, 1.54) is 7.11 Å². The zero-order chi connectivity index (χ0) is 13.8. The largest absolute Gasteiger partial charge is 0.476 e. The number of nitro groups is 1. The zero-order valence-electron chi connectivity index (χ0n) is 9.74. The SMILES string of the molecule is COc1ncnc(Oc2ccccc2Br)c1[N+](=O)[O-]. The predicted molar refractivity (Wildman–Crippen MR) is 69.5 cm³/mol. The maximum absolute atomic E-state index is 11.0. The maximum Gasteiger partial charge on any atom is 0.392 e. The summed E-state index contributed by atoms with van der Waals surface area (Å²) in [5.74, 6) is 0.0807. The second-order valence-electron chi connectivity index (χ2n) is 3.33. The van der Waals surface area contributed by atoms with Gasteiger partial charge in [0.2, 0.25) is 0 Å². The highest BCUT2D eigenvalue weighted by atomic mass is 79.9. The molecule has 7 nitrogen and oxygen atoms in total. The molecular weight excluding hydrogens is 318 g/mol. The molecule has 0 atom stereocenters. The number of benzene rings is 1. The molecule has 19 heavy (non-hydrogen) atoms. The third kappa shape index (κ3) is 2.79. The minimum Gasteiger partial charge on any atom is -0.476 e. The van der Waals surface area contributed by atoms with Crippen LogP contribution < -0.4 is 9.47 Å². The molecule has 0 spiro atoms. The minimum absolute atomic E-state index is 0.151. The van der Waals surface area contributed by atoms with Crippen LogP contribution in [-0.2, 0) is 0 Å². The Hall–Kier alpha value is -2.22. The van der Waals surface area contributed by atoms with Gasteiger partial charge in [0.15, 0.2) is 0 Å². The van der Waals surface area contributed by atoms with Crippen LogP contribution in [0.25, 0.3) is 0 Å². The van der Waals surface area contributed by atoms with E-state index >= 15 is 0 Å². The number of methoxy groups -OCH3 is 1. The standard InChI is InChI=1S/C11H8BrN3O4/c1-18-10-9(15(16)17)11(14-6-13-10)19-8-5-3-2-4-7(8)12/h2-6H,1H3. The highest BCUT2D eigenvalue weighted by Crippen LogP contribution is 2.37. The van der Waals surface area contributed by atoms with Gasteiger partial charge in [0, 0.05) is 0 Å². The fraction of sp³-hybridized carbons (Fsp3) is 0.0909. The van der Waals surface area contributed by atoms with Gasteiger partial charge in [-0.05, 0) is 28.1 Å². The molecule has 0 saturated heterocycles. The molecule has 0 amide bonds. The van der Waals surface area contributed by atoms with Crippen molar-refractivity contribution in [2.45, 2.75) is 0 Å². The Labute approximate surface area is 116 Å². The Balaban J connectivity index is 2.46. The average Bonchev–Trinajstić information content (AvgIpc) is 2.40. The van der Waals surface area contributed by atoms with E-state index in [0.717, 1.165) is 6.33 Å². The van der Waals surface area contributed by atoms with Crippen LogP contribution >= 0.6 is 15.9 Å². The number of ether oxygens (including phenoxy) is 2. The van der Waals surface area contributed by atoms with Gasteiger partial charge < -0.3 is 9.47 Å². The van der Waals surface area contributed by atoms with E-state index in [1.807, 2.05) is 0 Å². The first-order valence-corrected chi connectivity index (χ1v) is 5.88. The molecule has 2 rings (SSSR count). The lowest BCUT2D eigenvalue weighted by molar-refractivity contribution is -0.387. The van der Waals surface area contributed by atoms with Crippen LogP contribution in [0.5, 0.6) is 17.5 Å². The molecule has 0 saturated carbocycles. The van der Waals surface area contributed by atoms with Crippen molar-refractivity contribution in [3.05, 3.63) is 45.2 Å². The fourth-order valence-corrected chi connectivity index (χ4v) is 1.73. The van der Waals surface area contributed by atoms with Gasteiger partial charge in [-0.25, -0.2) is 0 Å². The maximum atomic E-state index is 11.0. The van der Waals surface area contributed by atoms with E-state index in [0.29, 0.717) is 10.2 Å². The Bertz CT molecular complexity index is 621. The number of halogens is 1. The summed E-state index contributed by atoms with van der Waals surface area (Å²) < 4.78 is 10.9. The van der Waals surface area contributed by atoms with Gasteiger partial charge in [-0.3, -0.25) is 10.1 Å². The lowest BCUT2D eigenvalue weighted by Crippen LogP contribution is -2.01. The number of hydrogen-bond acceptors (Lipinski definition) is 6. The van der Waals surface area contributed by atoms with Crippen LogP contribution in [0.15, 0.2) is 35.1 Å². The van der Waals surface area contributed by atoms with Gasteiger partial charge in [-0.1, -0.05) is 12.1 Å². The number of nitrogens with zero attached hydrogens (tertiary/aromatic N) is 3. The normalized spacial score (nSPS) is 10.0. The van der Waals surface area contributed by atoms with Crippen LogP contribution in [0.3, 0.4) is 0 Å². The van der Waals surface area contributed by atoms with Crippen LogP contribution in [0.1, 0.15) is 0 Å². The lowest BCUT2D eigenvalue weighted by atomic mass is 10.3. The highest BCUT2D eigenvalue weighted by molar-refractivity contribution is 9.10. The molecule has 0 unspecified atom stereocenters. The molecule has 0 radical (unpaired) electrons. The molecule has 0 aliphatic carbocycles. The molecule has 8 heteroatoms. The Morgan fingerprint density at radius 1 is 1.26 bits per heavy atom. The first-order chi connectivity index (χ1) is 9.13. The van der Waals surface area contributed by atoms with E-state index in [-0.39, 0.29) is 11.8 Å².